The van der Waals surface area contributed by atoms with Gasteiger partial charge in [0, 0.05) is 4.75 Å². The summed E-state index contributed by atoms with van der Waals surface area (Å²) in [5.74, 6) is -3.16. The predicted octanol–water partition coefficient (Wildman–Crippen LogP) is 1.09. The van der Waals surface area contributed by atoms with Crippen molar-refractivity contribution in [3.05, 3.63) is 60.1 Å². The van der Waals surface area contributed by atoms with E-state index < -0.39 is 58.0 Å². The maximum atomic E-state index is 13.2. The fraction of sp³-hybridized carbons (Fsp3) is 0.318. The number of aliphatic carboxylic acids is 1. The molecular weight excluding hydrogens is 464 g/mol. The molecule has 1 aromatic heterocycles. The van der Waals surface area contributed by atoms with Crippen LogP contribution in [0.3, 0.4) is 0 Å². The standard InChI is InChI=1S/C22H22N4O7S/c1-22(2)15(20(30)31)26-18(29)14(19(26)34-22)23-17(28)13(11-7-4-3-5-8-11)24-21(32)25-16(27)12-9-6-10-33-12/h3-10,13-15,19H,1-2H3,(H,23,28)(H,30,31)(H2,24,25,27,32)/t13-,14-,15+,19-/m1/s1. The highest BCUT2D eigenvalue weighted by atomic mass is 32.2. The highest BCUT2D eigenvalue weighted by molar-refractivity contribution is 8.01. The largest absolute Gasteiger partial charge is 0.480 e. The van der Waals surface area contributed by atoms with E-state index in [9.17, 15) is 29.1 Å². The molecule has 4 atom stereocenters. The van der Waals surface area contributed by atoms with E-state index in [1.54, 1.807) is 44.2 Å². The first kappa shape index (κ1) is 23.4. The number of rotatable bonds is 6. The fourth-order valence-electron chi connectivity index (χ4n) is 4.07. The molecule has 4 rings (SSSR count). The first-order valence-electron chi connectivity index (χ1n) is 10.3. The highest BCUT2D eigenvalue weighted by Crippen LogP contribution is 2.50. The van der Waals surface area contributed by atoms with Gasteiger partial charge in [0.05, 0.1) is 6.26 Å². The van der Waals surface area contributed by atoms with Gasteiger partial charge in [0.2, 0.25) is 11.8 Å². The Labute approximate surface area is 198 Å². The van der Waals surface area contributed by atoms with Gasteiger partial charge >= 0.3 is 12.0 Å². The van der Waals surface area contributed by atoms with Gasteiger partial charge in [-0.25, -0.2) is 9.59 Å². The number of β-lactam (4-membered cyclic amide) rings is 1. The number of fused-ring (bicyclic) bond motifs is 1. The molecule has 178 valence electrons. The van der Waals surface area contributed by atoms with Crippen molar-refractivity contribution in [1.82, 2.24) is 20.9 Å². The number of hydrogen-bond donors (Lipinski definition) is 4. The minimum atomic E-state index is -1.22. The van der Waals surface area contributed by atoms with Gasteiger partial charge in [0.1, 0.15) is 23.5 Å². The summed E-state index contributed by atoms with van der Waals surface area (Å²) in [5, 5.41) is 16.2. The van der Waals surface area contributed by atoms with E-state index in [0.717, 1.165) is 0 Å². The Balaban J connectivity index is 1.48. The molecule has 4 N–H and O–H groups in total. The maximum Gasteiger partial charge on any atom is 0.327 e. The number of nitrogens with one attached hydrogen (secondary N) is 3. The number of benzene rings is 1. The summed E-state index contributed by atoms with van der Waals surface area (Å²) in [4.78, 5) is 63.4. The van der Waals surface area contributed by atoms with Crippen LogP contribution in [0.2, 0.25) is 0 Å². The lowest BCUT2D eigenvalue weighted by Crippen LogP contribution is -2.71. The number of imide groups is 1. The van der Waals surface area contributed by atoms with E-state index in [0.29, 0.717) is 5.56 Å². The van der Waals surface area contributed by atoms with Crippen molar-refractivity contribution < 1.29 is 33.5 Å². The molecule has 5 amide bonds. The number of urea groups is 1. The van der Waals surface area contributed by atoms with Crippen molar-refractivity contribution in [3.63, 3.8) is 0 Å². The molecule has 3 heterocycles. The molecule has 0 spiro atoms. The molecule has 0 radical (unpaired) electrons. The van der Waals surface area contributed by atoms with Gasteiger partial charge in [-0.3, -0.25) is 19.7 Å². The lowest BCUT2D eigenvalue weighted by molar-refractivity contribution is -0.161. The fourth-order valence-corrected chi connectivity index (χ4v) is 5.69. The van der Waals surface area contributed by atoms with Gasteiger partial charge in [-0.2, -0.15) is 0 Å². The summed E-state index contributed by atoms with van der Waals surface area (Å²) >= 11 is 1.29. The Morgan fingerprint density at radius 3 is 2.44 bits per heavy atom. The van der Waals surface area contributed by atoms with Gasteiger partial charge in [-0.1, -0.05) is 30.3 Å². The van der Waals surface area contributed by atoms with Gasteiger partial charge < -0.3 is 25.1 Å². The number of carbonyl (C=O) groups excluding carboxylic acids is 4. The predicted molar refractivity (Wildman–Crippen MR) is 120 cm³/mol. The van der Waals surface area contributed by atoms with Crippen molar-refractivity contribution in [1.29, 1.82) is 0 Å². The molecule has 2 fully saturated rings. The highest BCUT2D eigenvalue weighted by Gasteiger charge is 2.64. The quantitative estimate of drug-likeness (QED) is 0.442. The van der Waals surface area contributed by atoms with Gasteiger partial charge in [0.25, 0.3) is 5.91 Å². The van der Waals surface area contributed by atoms with Crippen molar-refractivity contribution in [3.8, 4) is 0 Å². The van der Waals surface area contributed by atoms with Crippen molar-refractivity contribution in [2.45, 2.75) is 42.1 Å². The van der Waals surface area contributed by atoms with Crippen LogP contribution in [-0.2, 0) is 14.4 Å². The van der Waals surface area contributed by atoms with Crippen LogP contribution in [0.15, 0.2) is 53.1 Å². The van der Waals surface area contributed by atoms with E-state index >= 15 is 0 Å². The minimum Gasteiger partial charge on any atom is -0.480 e. The number of carbonyl (C=O) groups is 5. The zero-order chi connectivity index (χ0) is 24.6. The third-order valence-electron chi connectivity index (χ3n) is 5.62. The Bertz CT molecular complexity index is 1140. The molecule has 11 nitrogen and oxygen atoms in total. The zero-order valence-corrected chi connectivity index (χ0v) is 19.0. The van der Waals surface area contributed by atoms with E-state index in [4.69, 9.17) is 4.42 Å². The second-order valence-electron chi connectivity index (χ2n) is 8.33. The smallest absolute Gasteiger partial charge is 0.327 e. The zero-order valence-electron chi connectivity index (χ0n) is 18.2. The van der Waals surface area contributed by atoms with Crippen LogP contribution in [0, 0.1) is 0 Å². The molecular formula is C22H22N4O7S. The van der Waals surface area contributed by atoms with Crippen LogP contribution < -0.4 is 16.0 Å². The van der Waals surface area contributed by atoms with Gasteiger partial charge in [-0.05, 0) is 31.5 Å². The van der Waals surface area contributed by atoms with E-state index in [1.807, 2.05) is 0 Å². The molecule has 2 saturated heterocycles. The SMILES string of the molecule is CC1(C)S[C@@H]2[C@H](NC(=O)[C@H](NC(=O)NC(=O)c3ccco3)c3ccccc3)C(=O)N2[C@H]1C(=O)O. The van der Waals surface area contributed by atoms with Crippen LogP contribution in [-0.4, -0.2) is 61.9 Å². The summed E-state index contributed by atoms with van der Waals surface area (Å²) in [7, 11) is 0. The van der Waals surface area contributed by atoms with Crippen molar-refractivity contribution in [2.75, 3.05) is 0 Å². The summed E-state index contributed by atoms with van der Waals surface area (Å²) in [6, 6.07) is 7.06. The number of hydrogen-bond acceptors (Lipinski definition) is 7. The molecule has 0 bridgehead atoms. The Morgan fingerprint density at radius 1 is 1.12 bits per heavy atom. The van der Waals surface area contributed by atoms with Crippen LogP contribution in [0.4, 0.5) is 4.79 Å². The van der Waals surface area contributed by atoms with E-state index in [2.05, 4.69) is 16.0 Å². The van der Waals surface area contributed by atoms with Crippen LogP contribution >= 0.6 is 11.8 Å². The number of amides is 5. The van der Waals surface area contributed by atoms with Crippen molar-refractivity contribution >= 4 is 41.5 Å². The summed E-state index contributed by atoms with van der Waals surface area (Å²) < 4.78 is 4.20. The molecule has 0 unspecified atom stereocenters. The average molecular weight is 487 g/mol. The Morgan fingerprint density at radius 2 is 1.82 bits per heavy atom. The van der Waals surface area contributed by atoms with E-state index in [-0.39, 0.29) is 5.76 Å². The third kappa shape index (κ3) is 4.23. The molecule has 12 heteroatoms. The van der Waals surface area contributed by atoms with Gasteiger partial charge in [-0.15, -0.1) is 11.8 Å². The van der Waals surface area contributed by atoms with E-state index in [1.165, 1.54) is 35.1 Å². The summed E-state index contributed by atoms with van der Waals surface area (Å²) in [5.41, 5.74) is 0.423. The van der Waals surface area contributed by atoms with Gasteiger partial charge in [0.15, 0.2) is 5.76 Å². The Hall–Kier alpha value is -3.80. The normalized spacial score (nSPS) is 23.3. The number of furan rings is 1. The number of carboxylic acid groups (broad SMARTS) is 1. The average Bonchev–Trinajstić information content (AvgIpc) is 3.41. The minimum absolute atomic E-state index is 0.0788. The van der Waals surface area contributed by atoms with Crippen LogP contribution in [0.25, 0.3) is 0 Å². The second-order valence-corrected chi connectivity index (χ2v) is 10.1. The maximum absolute atomic E-state index is 13.2. The Kier molecular flexibility index (Phi) is 6.09. The molecule has 2 aliphatic heterocycles. The molecule has 0 aliphatic carbocycles. The van der Waals surface area contributed by atoms with Crippen LogP contribution in [0.5, 0.6) is 0 Å². The third-order valence-corrected chi connectivity index (χ3v) is 7.19. The molecule has 2 aliphatic rings. The lowest BCUT2D eigenvalue weighted by atomic mass is 9.95. The monoisotopic (exact) mass is 486 g/mol. The molecule has 1 aromatic carbocycles. The van der Waals surface area contributed by atoms with Crippen LogP contribution in [0.1, 0.15) is 36.0 Å². The van der Waals surface area contributed by atoms with Crippen molar-refractivity contribution in [2.24, 2.45) is 0 Å². The second kappa shape index (κ2) is 8.86. The summed E-state index contributed by atoms with van der Waals surface area (Å²) in [6.45, 7) is 3.46. The molecule has 2 aromatic rings. The number of carboxylic acids is 1. The summed E-state index contributed by atoms with van der Waals surface area (Å²) in [6.07, 6.45) is 1.28. The first-order valence-corrected chi connectivity index (χ1v) is 11.2. The first-order chi connectivity index (χ1) is 16.1. The topological polar surface area (TPSA) is 158 Å². The lowest BCUT2D eigenvalue weighted by Gasteiger charge is -2.44. The number of thioether (sulfide) groups is 1. The molecule has 0 saturated carbocycles. The number of nitrogens with zero attached hydrogens (tertiary/aromatic N) is 1. The molecule has 34 heavy (non-hydrogen) atoms.